The summed E-state index contributed by atoms with van der Waals surface area (Å²) in [5.74, 6) is -1.28. The minimum absolute atomic E-state index is 0.00291. The number of aromatic nitrogens is 1. The van der Waals surface area contributed by atoms with E-state index in [9.17, 15) is 26.4 Å². The molecule has 2 N–H and O–H groups in total. The van der Waals surface area contributed by atoms with Gasteiger partial charge in [0.05, 0.1) is 16.6 Å². The average molecular weight is 694 g/mol. The lowest BCUT2D eigenvalue weighted by Crippen LogP contribution is -2.57. The molecule has 2 amide bonds. The number of thiophene rings is 1. The predicted molar refractivity (Wildman–Crippen MR) is 169 cm³/mol. The van der Waals surface area contributed by atoms with Gasteiger partial charge in [0.15, 0.2) is 5.01 Å². The van der Waals surface area contributed by atoms with Gasteiger partial charge in [0.25, 0.3) is 26.0 Å². The zero-order chi connectivity index (χ0) is 31.2. The van der Waals surface area contributed by atoms with Gasteiger partial charge in [0.1, 0.15) is 4.21 Å². The molecule has 2 aromatic heterocycles. The van der Waals surface area contributed by atoms with E-state index in [1.54, 1.807) is 30.3 Å². The molecule has 232 valence electrons. The summed E-state index contributed by atoms with van der Waals surface area (Å²) in [6.45, 7) is 2.42. The van der Waals surface area contributed by atoms with Crippen LogP contribution in [0.4, 0.5) is 0 Å². The van der Waals surface area contributed by atoms with E-state index < -0.39 is 44.3 Å². The maximum absolute atomic E-state index is 13.8. The molecule has 6 rings (SSSR count). The Morgan fingerprint density at radius 3 is 2.61 bits per heavy atom. The van der Waals surface area contributed by atoms with Gasteiger partial charge in [-0.2, -0.15) is 4.31 Å². The van der Waals surface area contributed by atoms with Crippen molar-refractivity contribution in [3.63, 3.8) is 0 Å². The highest BCUT2D eigenvalue weighted by molar-refractivity contribution is 7.91. The van der Waals surface area contributed by atoms with E-state index in [1.807, 2.05) is 6.92 Å². The van der Waals surface area contributed by atoms with Gasteiger partial charge in [0, 0.05) is 59.7 Å². The van der Waals surface area contributed by atoms with Crippen molar-refractivity contribution in [2.45, 2.75) is 47.5 Å². The number of hydrogen-bond acceptors (Lipinski definition) is 10. The Hall–Kier alpha value is -2.92. The second kappa shape index (κ2) is 12.1. The zero-order valence-electron chi connectivity index (χ0n) is 23.4. The molecule has 1 fully saturated rings. The van der Waals surface area contributed by atoms with Gasteiger partial charge in [-0.1, -0.05) is 35.9 Å². The predicted octanol–water partition coefficient (Wildman–Crippen LogP) is 3.46. The van der Waals surface area contributed by atoms with Crippen LogP contribution in [0.1, 0.15) is 33.7 Å². The van der Waals surface area contributed by atoms with Crippen LogP contribution in [0.25, 0.3) is 10.1 Å². The number of carbonyl (C=O) groups is 2. The largest absolute Gasteiger partial charge is 0.330 e. The molecule has 16 heteroatoms. The van der Waals surface area contributed by atoms with Crippen LogP contribution >= 0.6 is 34.3 Å². The first-order valence-electron chi connectivity index (χ1n) is 13.7. The van der Waals surface area contributed by atoms with Gasteiger partial charge in [-0.05, 0) is 42.6 Å². The number of halogens is 1. The number of amides is 2. The normalized spacial score (nSPS) is 19.5. The molecule has 4 heterocycles. The monoisotopic (exact) mass is 693 g/mol. The summed E-state index contributed by atoms with van der Waals surface area (Å²) in [7, 11) is -8.18. The quantitative estimate of drug-likeness (QED) is 0.300. The first-order valence-corrected chi connectivity index (χ1v) is 18.7. The summed E-state index contributed by atoms with van der Waals surface area (Å²) in [6, 6.07) is 13.4. The third-order valence-electron chi connectivity index (χ3n) is 7.55. The Balaban J connectivity index is 1.27. The summed E-state index contributed by atoms with van der Waals surface area (Å²) in [6.07, 6.45) is 0.240. The van der Waals surface area contributed by atoms with Crippen molar-refractivity contribution in [3.05, 3.63) is 75.2 Å². The molecular weight excluding hydrogens is 666 g/mol. The molecule has 0 bridgehead atoms. The molecule has 2 aliphatic rings. The van der Waals surface area contributed by atoms with E-state index in [0.717, 1.165) is 27.3 Å². The number of fused-ring (bicyclic) bond motifs is 2. The Kier molecular flexibility index (Phi) is 8.56. The van der Waals surface area contributed by atoms with Crippen LogP contribution in [0.2, 0.25) is 5.02 Å². The molecule has 0 radical (unpaired) electrons. The molecule has 2 aromatic carbocycles. The number of sulfonamides is 2. The highest BCUT2D eigenvalue weighted by Crippen LogP contribution is 2.34. The lowest BCUT2D eigenvalue weighted by Gasteiger charge is -2.40. The maximum Gasteiger partial charge on any atom is 0.283 e. The van der Waals surface area contributed by atoms with Crippen LogP contribution in [0, 0.1) is 0 Å². The third kappa shape index (κ3) is 6.27. The van der Waals surface area contributed by atoms with E-state index in [1.165, 1.54) is 44.8 Å². The second-order valence-corrected chi connectivity index (χ2v) is 17.1. The van der Waals surface area contributed by atoms with Crippen LogP contribution < -0.4 is 10.0 Å². The Morgan fingerprint density at radius 1 is 1.07 bits per heavy atom. The molecule has 44 heavy (non-hydrogen) atoms. The molecule has 1 saturated heterocycles. The number of benzene rings is 2. The van der Waals surface area contributed by atoms with E-state index in [4.69, 9.17) is 11.6 Å². The highest BCUT2D eigenvalue weighted by atomic mass is 35.5. The second-order valence-electron chi connectivity index (χ2n) is 10.7. The maximum atomic E-state index is 13.8. The van der Waals surface area contributed by atoms with Crippen LogP contribution in [-0.2, 0) is 37.8 Å². The van der Waals surface area contributed by atoms with E-state index in [-0.39, 0.29) is 39.8 Å². The van der Waals surface area contributed by atoms with Crippen molar-refractivity contribution < 1.29 is 26.4 Å². The Bertz CT molecular complexity index is 1960. The first kappa shape index (κ1) is 31.1. The minimum atomic E-state index is -4.17. The molecule has 0 aliphatic carbocycles. The SMILES string of the molecule is CC1Cc2nc(C(=O)N3CCN(S(=O)(=O)c4cc5ccc(Cl)cc5s4)CC3CC(=O)NS(=O)(=O)c3ccccc3)sc2CN1. The number of nitrogens with one attached hydrogen (secondary N) is 2. The summed E-state index contributed by atoms with van der Waals surface area (Å²) in [5.41, 5.74) is 0.846. The van der Waals surface area contributed by atoms with Crippen LogP contribution in [-0.4, -0.2) is 74.6 Å². The summed E-state index contributed by atoms with van der Waals surface area (Å²) < 4.78 is 57.4. The zero-order valence-corrected chi connectivity index (χ0v) is 27.4. The van der Waals surface area contributed by atoms with Crippen LogP contribution in [0.15, 0.2) is 63.7 Å². The molecule has 2 atom stereocenters. The summed E-state index contributed by atoms with van der Waals surface area (Å²) in [4.78, 5) is 33.8. The molecule has 2 unspecified atom stereocenters. The molecule has 4 aromatic rings. The first-order chi connectivity index (χ1) is 20.9. The van der Waals surface area contributed by atoms with Crippen molar-refractivity contribution >= 4 is 76.2 Å². The third-order valence-corrected chi connectivity index (χ3v) is 13.7. The lowest BCUT2D eigenvalue weighted by molar-refractivity contribution is -0.120. The van der Waals surface area contributed by atoms with Gasteiger partial charge in [-0.15, -0.1) is 22.7 Å². The lowest BCUT2D eigenvalue weighted by atomic mass is 10.1. The van der Waals surface area contributed by atoms with Crippen LogP contribution in [0.5, 0.6) is 0 Å². The molecule has 2 aliphatic heterocycles. The fraction of sp³-hybridized carbons (Fsp3) is 0.321. The molecule has 0 spiro atoms. The van der Waals surface area contributed by atoms with Crippen molar-refractivity contribution in [2.75, 3.05) is 19.6 Å². The number of rotatable bonds is 7. The van der Waals surface area contributed by atoms with Gasteiger partial charge in [0.2, 0.25) is 5.91 Å². The standard InChI is InChI=1S/C28H28ClN5O6S4/c1-17-11-22-24(15-30-17)42-27(31-22)28(36)34-10-9-33(44(39,40)26-12-18-7-8-19(29)13-23(18)41-26)16-20(34)14-25(35)32-43(37,38)21-5-3-2-4-6-21/h2-8,12-13,17,20,30H,9-11,14-16H2,1H3,(H,32,35). The van der Waals surface area contributed by atoms with Crippen molar-refractivity contribution in [2.24, 2.45) is 0 Å². The fourth-order valence-corrected chi connectivity index (χ4v) is 10.6. The van der Waals surface area contributed by atoms with E-state index in [2.05, 4.69) is 15.0 Å². The molecule has 0 saturated carbocycles. The molecule has 11 nitrogen and oxygen atoms in total. The fourth-order valence-electron chi connectivity index (χ4n) is 5.31. The summed E-state index contributed by atoms with van der Waals surface area (Å²) in [5, 5.41) is 4.82. The van der Waals surface area contributed by atoms with E-state index >= 15 is 0 Å². The number of piperazine rings is 1. The minimum Gasteiger partial charge on any atom is -0.330 e. The van der Waals surface area contributed by atoms with Gasteiger partial charge < -0.3 is 10.2 Å². The topological polar surface area (TPSA) is 146 Å². The average Bonchev–Trinajstić information content (AvgIpc) is 3.61. The van der Waals surface area contributed by atoms with E-state index in [0.29, 0.717) is 22.7 Å². The van der Waals surface area contributed by atoms with Crippen molar-refractivity contribution in [1.29, 1.82) is 0 Å². The molecular formula is C28H28ClN5O6S4. The van der Waals surface area contributed by atoms with Crippen LogP contribution in [0.3, 0.4) is 0 Å². The van der Waals surface area contributed by atoms with Crippen molar-refractivity contribution in [3.8, 4) is 0 Å². The van der Waals surface area contributed by atoms with Crippen molar-refractivity contribution in [1.82, 2.24) is 24.2 Å². The Morgan fingerprint density at radius 2 is 1.84 bits per heavy atom. The smallest absolute Gasteiger partial charge is 0.283 e. The van der Waals surface area contributed by atoms with Gasteiger partial charge in [-0.25, -0.2) is 26.5 Å². The Labute approximate surface area is 267 Å². The van der Waals surface area contributed by atoms with Gasteiger partial charge >= 0.3 is 0 Å². The number of nitrogens with zero attached hydrogens (tertiary/aromatic N) is 3. The number of thiazole rings is 1. The number of carbonyl (C=O) groups excluding carboxylic acids is 2. The highest BCUT2D eigenvalue weighted by Gasteiger charge is 2.40. The number of hydrogen-bond donors (Lipinski definition) is 2. The van der Waals surface area contributed by atoms with Gasteiger partial charge in [-0.3, -0.25) is 9.59 Å². The summed E-state index contributed by atoms with van der Waals surface area (Å²) >= 11 is 8.46.